The van der Waals surface area contributed by atoms with Gasteiger partial charge in [-0.3, -0.25) is 9.59 Å². The van der Waals surface area contributed by atoms with E-state index in [2.05, 4.69) is 4.98 Å². The summed E-state index contributed by atoms with van der Waals surface area (Å²) in [5.41, 5.74) is 1.000. The van der Waals surface area contributed by atoms with Crippen LogP contribution in [0.1, 0.15) is 44.3 Å². The predicted octanol–water partition coefficient (Wildman–Crippen LogP) is 4.18. The number of ether oxygens (including phenoxy) is 1. The van der Waals surface area contributed by atoms with E-state index in [1.165, 1.54) is 30.3 Å². The summed E-state index contributed by atoms with van der Waals surface area (Å²) in [6.07, 6.45) is 0.134. The molecule has 1 saturated carbocycles. The second-order valence-electron chi connectivity index (χ2n) is 10.3. The van der Waals surface area contributed by atoms with Crippen molar-refractivity contribution in [3.8, 4) is 5.75 Å². The fourth-order valence-corrected chi connectivity index (χ4v) is 6.35. The van der Waals surface area contributed by atoms with Crippen LogP contribution in [-0.2, 0) is 33.2 Å². The smallest absolute Gasteiger partial charge is 0.233 e. The largest absolute Gasteiger partial charge is 0.497 e. The Hall–Kier alpha value is -3.15. The third-order valence-corrected chi connectivity index (χ3v) is 9.80. The van der Waals surface area contributed by atoms with Crippen LogP contribution in [0, 0.1) is 6.92 Å². The summed E-state index contributed by atoms with van der Waals surface area (Å²) in [5, 5.41) is 0.453. The number of nitrogens with zero attached hydrogens (tertiary/aromatic N) is 3. The Morgan fingerprint density at radius 3 is 2.33 bits per heavy atom. The minimum Gasteiger partial charge on any atom is -0.497 e. The Morgan fingerprint density at radius 1 is 1.10 bits per heavy atom. The van der Waals surface area contributed by atoms with Crippen molar-refractivity contribution < 1.29 is 27.1 Å². The molecule has 4 rings (SSSR count). The van der Waals surface area contributed by atoms with Gasteiger partial charge in [-0.05, 0) is 43.0 Å². The molecule has 40 heavy (non-hydrogen) atoms. The van der Waals surface area contributed by atoms with Crippen LogP contribution >= 0.6 is 11.3 Å². The summed E-state index contributed by atoms with van der Waals surface area (Å²) in [4.78, 5) is 33.3. The SMILES string of the molecule is COc1ccc(C2(C(=O)N(Cc3nc(C(=O)CS(=O)(=O)N(C)C)c(C)s3)CC(F)Cc3ccccc3)CC2)cc1. The van der Waals surface area contributed by atoms with Crippen molar-refractivity contribution >= 4 is 33.1 Å². The van der Waals surface area contributed by atoms with E-state index in [1.807, 2.05) is 54.6 Å². The Balaban J connectivity index is 1.59. The number of thiazole rings is 1. The molecule has 0 saturated heterocycles. The second-order valence-corrected chi connectivity index (χ2v) is 13.7. The molecular weight excluding hydrogens is 553 g/mol. The second kappa shape index (κ2) is 12.2. The minimum atomic E-state index is -3.76. The zero-order valence-electron chi connectivity index (χ0n) is 23.1. The molecule has 1 aliphatic rings. The van der Waals surface area contributed by atoms with Crippen LogP contribution in [0.4, 0.5) is 4.39 Å². The van der Waals surface area contributed by atoms with Gasteiger partial charge in [-0.1, -0.05) is 42.5 Å². The van der Waals surface area contributed by atoms with E-state index in [4.69, 9.17) is 4.74 Å². The zero-order chi connectivity index (χ0) is 29.1. The lowest BCUT2D eigenvalue weighted by Gasteiger charge is -2.28. The third kappa shape index (κ3) is 6.76. The molecule has 0 N–H and O–H groups in total. The molecule has 214 valence electrons. The van der Waals surface area contributed by atoms with Crippen LogP contribution in [-0.4, -0.2) is 74.0 Å². The summed E-state index contributed by atoms with van der Waals surface area (Å²) in [6, 6.07) is 16.6. The van der Waals surface area contributed by atoms with Crippen LogP contribution in [0.15, 0.2) is 54.6 Å². The summed E-state index contributed by atoms with van der Waals surface area (Å²) in [6.45, 7) is 1.57. The highest BCUT2D eigenvalue weighted by molar-refractivity contribution is 7.89. The molecular formula is C29H34FN3O5S2. The topological polar surface area (TPSA) is 96.9 Å². The van der Waals surface area contributed by atoms with Crippen molar-refractivity contribution in [1.82, 2.24) is 14.2 Å². The molecule has 1 aromatic heterocycles. The van der Waals surface area contributed by atoms with Crippen molar-refractivity contribution in [3.05, 3.63) is 81.3 Å². The molecule has 1 aliphatic carbocycles. The van der Waals surface area contributed by atoms with Gasteiger partial charge in [0.25, 0.3) is 0 Å². The van der Waals surface area contributed by atoms with Crippen LogP contribution in [0.25, 0.3) is 0 Å². The van der Waals surface area contributed by atoms with Gasteiger partial charge in [-0.2, -0.15) is 0 Å². The fraction of sp³-hybridized carbons (Fsp3) is 0.414. The van der Waals surface area contributed by atoms with E-state index in [1.54, 1.807) is 14.0 Å². The molecule has 0 radical (unpaired) electrons. The number of aryl methyl sites for hydroxylation is 1. The molecule has 1 unspecified atom stereocenters. The first kappa shape index (κ1) is 29.8. The van der Waals surface area contributed by atoms with Gasteiger partial charge in [0.2, 0.25) is 15.9 Å². The van der Waals surface area contributed by atoms with Crippen molar-refractivity contribution in [3.63, 3.8) is 0 Å². The monoisotopic (exact) mass is 587 g/mol. The van der Waals surface area contributed by atoms with Crippen molar-refractivity contribution in [2.45, 2.75) is 44.3 Å². The van der Waals surface area contributed by atoms with Crippen molar-refractivity contribution in [2.24, 2.45) is 0 Å². The number of hydrogen-bond acceptors (Lipinski definition) is 7. The molecule has 8 nitrogen and oxygen atoms in total. The van der Waals surface area contributed by atoms with Gasteiger partial charge >= 0.3 is 0 Å². The number of rotatable bonds is 13. The van der Waals surface area contributed by atoms with Gasteiger partial charge in [-0.15, -0.1) is 11.3 Å². The molecule has 0 aliphatic heterocycles. The standard InChI is InChI=1S/C29H34FN3O5S2/c1-20-27(25(34)19-40(36,37)32(2)3)31-26(39-20)18-33(17-23(30)16-21-8-6-5-7-9-21)28(35)29(14-15-29)22-10-12-24(38-4)13-11-22/h5-13,23H,14-19H2,1-4H3. The lowest BCUT2D eigenvalue weighted by molar-refractivity contribution is -0.135. The number of halogens is 1. The van der Waals surface area contributed by atoms with Crippen LogP contribution < -0.4 is 4.74 Å². The first-order valence-electron chi connectivity index (χ1n) is 13.0. The minimum absolute atomic E-state index is 0.0190. The zero-order valence-corrected chi connectivity index (χ0v) is 24.7. The molecule has 1 amide bonds. The van der Waals surface area contributed by atoms with E-state index in [9.17, 15) is 18.0 Å². The van der Waals surface area contributed by atoms with E-state index >= 15 is 4.39 Å². The lowest BCUT2D eigenvalue weighted by atomic mass is 9.94. The lowest BCUT2D eigenvalue weighted by Crippen LogP contribution is -2.42. The Labute approximate surface area is 238 Å². The summed E-state index contributed by atoms with van der Waals surface area (Å²) in [5.74, 6) is -0.820. The van der Waals surface area contributed by atoms with E-state index in [-0.39, 0.29) is 31.1 Å². The Morgan fingerprint density at radius 2 is 1.75 bits per heavy atom. The maximum atomic E-state index is 15.4. The highest BCUT2D eigenvalue weighted by Gasteiger charge is 2.53. The van der Waals surface area contributed by atoms with Crippen molar-refractivity contribution in [1.29, 1.82) is 0 Å². The summed E-state index contributed by atoms with van der Waals surface area (Å²) >= 11 is 1.21. The fourth-order valence-electron chi connectivity index (χ4n) is 4.66. The molecule has 11 heteroatoms. The Bertz CT molecular complexity index is 1450. The molecule has 2 aromatic carbocycles. The van der Waals surface area contributed by atoms with Gasteiger partial charge in [0.05, 0.1) is 25.6 Å². The van der Waals surface area contributed by atoms with E-state index < -0.39 is 33.1 Å². The maximum absolute atomic E-state index is 15.4. The number of Topliss-reactive ketones (excluding diaryl/α,β-unsaturated/α-hetero) is 1. The quantitative estimate of drug-likeness (QED) is 0.279. The number of carbonyl (C=O) groups is 2. The van der Waals surface area contributed by atoms with Gasteiger partial charge in [0.1, 0.15) is 28.4 Å². The summed E-state index contributed by atoms with van der Waals surface area (Å²) < 4.78 is 46.2. The van der Waals surface area contributed by atoms with Crippen LogP contribution in [0.2, 0.25) is 0 Å². The third-order valence-electron chi connectivity index (χ3n) is 7.11. The molecule has 0 spiro atoms. The number of amides is 1. The van der Waals surface area contributed by atoms with Crippen LogP contribution in [0.3, 0.4) is 0 Å². The van der Waals surface area contributed by atoms with Crippen LogP contribution in [0.5, 0.6) is 5.75 Å². The average molecular weight is 588 g/mol. The average Bonchev–Trinajstić information content (AvgIpc) is 3.65. The highest BCUT2D eigenvalue weighted by atomic mass is 32.2. The number of benzene rings is 2. The van der Waals surface area contributed by atoms with Gasteiger partial charge in [-0.25, -0.2) is 22.1 Å². The maximum Gasteiger partial charge on any atom is 0.233 e. The summed E-state index contributed by atoms with van der Waals surface area (Å²) in [7, 11) is 0.552. The number of methoxy groups -OCH3 is 1. The molecule has 1 fully saturated rings. The normalized spacial score (nSPS) is 15.1. The first-order chi connectivity index (χ1) is 18.9. The number of hydrogen-bond donors (Lipinski definition) is 0. The van der Waals surface area contributed by atoms with Crippen molar-refractivity contribution in [2.75, 3.05) is 33.5 Å². The number of carbonyl (C=O) groups excluding carboxylic acids is 2. The van der Waals surface area contributed by atoms with E-state index in [0.29, 0.717) is 28.5 Å². The number of sulfonamides is 1. The Kier molecular flexibility index (Phi) is 9.06. The molecule has 3 aromatic rings. The number of alkyl halides is 1. The van der Waals surface area contributed by atoms with E-state index in [0.717, 1.165) is 15.4 Å². The number of ketones is 1. The molecule has 0 bridgehead atoms. The molecule has 1 heterocycles. The van der Waals surface area contributed by atoms with Gasteiger partial charge in [0.15, 0.2) is 5.78 Å². The highest BCUT2D eigenvalue weighted by Crippen LogP contribution is 2.50. The molecule has 1 atom stereocenters. The van der Waals surface area contributed by atoms with Gasteiger partial charge < -0.3 is 9.64 Å². The van der Waals surface area contributed by atoms with Gasteiger partial charge in [0, 0.05) is 25.4 Å². The number of aromatic nitrogens is 1. The predicted molar refractivity (Wildman–Crippen MR) is 153 cm³/mol. The first-order valence-corrected chi connectivity index (χ1v) is 15.4.